The lowest BCUT2D eigenvalue weighted by atomic mass is 9.86. The topological polar surface area (TPSA) is 96.2 Å². The zero-order valence-corrected chi connectivity index (χ0v) is 13.5. The van der Waals surface area contributed by atoms with Gasteiger partial charge in [0.25, 0.3) is 0 Å². The molecule has 0 bridgehead atoms. The first-order chi connectivity index (χ1) is 11.0. The maximum Gasteiger partial charge on any atom is 0.303 e. The Balaban J connectivity index is 2.00. The van der Waals surface area contributed by atoms with Gasteiger partial charge in [-0.1, -0.05) is 6.08 Å². The summed E-state index contributed by atoms with van der Waals surface area (Å²) >= 11 is 0. The molecule has 0 aromatic heterocycles. The van der Waals surface area contributed by atoms with Crippen LogP contribution in [0.5, 0.6) is 0 Å². The summed E-state index contributed by atoms with van der Waals surface area (Å²) in [6.07, 6.45) is 4.01. The molecular formula is C17H28O6. The Labute approximate surface area is 137 Å². The van der Waals surface area contributed by atoms with E-state index in [1.165, 1.54) is 6.08 Å². The van der Waals surface area contributed by atoms with Crippen LogP contribution in [0.15, 0.2) is 12.7 Å². The summed E-state index contributed by atoms with van der Waals surface area (Å²) in [6.45, 7) is 4.23. The number of aliphatic hydroxyl groups excluding tert-OH is 2. The molecule has 0 aromatic rings. The first kappa shape index (κ1) is 18.4. The molecule has 2 fully saturated rings. The highest BCUT2D eigenvalue weighted by molar-refractivity contribution is 5.67. The van der Waals surface area contributed by atoms with E-state index in [9.17, 15) is 15.0 Å². The van der Waals surface area contributed by atoms with Crippen LogP contribution >= 0.6 is 0 Å². The fourth-order valence-corrected chi connectivity index (χ4v) is 3.69. The second-order valence-corrected chi connectivity index (χ2v) is 6.58. The van der Waals surface area contributed by atoms with Gasteiger partial charge in [-0.15, -0.1) is 6.58 Å². The van der Waals surface area contributed by atoms with Crippen LogP contribution in [-0.4, -0.2) is 52.5 Å². The Hall–Kier alpha value is -0.950. The molecule has 2 aliphatic rings. The monoisotopic (exact) mass is 328 g/mol. The Morgan fingerprint density at radius 1 is 1.39 bits per heavy atom. The lowest BCUT2D eigenvalue weighted by Gasteiger charge is -2.30. The van der Waals surface area contributed by atoms with E-state index < -0.39 is 18.2 Å². The molecule has 2 unspecified atom stereocenters. The summed E-state index contributed by atoms with van der Waals surface area (Å²) < 4.78 is 11.6. The number of ether oxygens (including phenoxy) is 2. The standard InChI is InChI=1S/C17H28O6/c1-2-11(18)6-7-12-13(9-16(20)21)14(19)10-15(12)23-17-5-3-4-8-22-17/h2,11-15,17-19H,1,3-10H2,(H,20,21)/t11?,12-,13-,14+,15-,17?/m0/s1. The number of aliphatic carboxylic acids is 1. The SMILES string of the molecule is C=CC(O)CC[C@H]1[C@H](CC(=O)O)[C@H](O)C[C@@H]1OC1CCCCO1. The van der Waals surface area contributed by atoms with Crippen molar-refractivity contribution in [1.29, 1.82) is 0 Å². The Morgan fingerprint density at radius 2 is 2.17 bits per heavy atom. The summed E-state index contributed by atoms with van der Waals surface area (Å²) in [4.78, 5) is 11.1. The molecule has 1 aliphatic carbocycles. The van der Waals surface area contributed by atoms with Crippen LogP contribution in [0.25, 0.3) is 0 Å². The minimum atomic E-state index is -0.919. The van der Waals surface area contributed by atoms with Gasteiger partial charge in [0.15, 0.2) is 6.29 Å². The second-order valence-electron chi connectivity index (χ2n) is 6.58. The molecule has 0 spiro atoms. The molecule has 3 N–H and O–H groups in total. The van der Waals surface area contributed by atoms with Gasteiger partial charge in [0.2, 0.25) is 0 Å². The Kier molecular flexibility index (Phi) is 7.02. The number of hydrogen-bond acceptors (Lipinski definition) is 5. The van der Waals surface area contributed by atoms with Gasteiger partial charge in [-0.2, -0.15) is 0 Å². The molecule has 0 amide bonds. The zero-order chi connectivity index (χ0) is 16.8. The van der Waals surface area contributed by atoms with Crippen molar-refractivity contribution < 1.29 is 29.6 Å². The maximum atomic E-state index is 11.1. The quantitative estimate of drug-likeness (QED) is 0.587. The normalized spacial score (nSPS) is 35.8. The van der Waals surface area contributed by atoms with E-state index >= 15 is 0 Å². The van der Waals surface area contributed by atoms with Crippen molar-refractivity contribution in [3.05, 3.63) is 12.7 Å². The number of carbonyl (C=O) groups is 1. The highest BCUT2D eigenvalue weighted by Gasteiger charge is 2.44. The third-order valence-electron chi connectivity index (χ3n) is 4.94. The summed E-state index contributed by atoms with van der Waals surface area (Å²) in [5.74, 6) is -1.36. The summed E-state index contributed by atoms with van der Waals surface area (Å²) in [5.41, 5.74) is 0. The third-order valence-corrected chi connectivity index (χ3v) is 4.94. The van der Waals surface area contributed by atoms with Crippen molar-refractivity contribution in [2.24, 2.45) is 11.8 Å². The molecule has 1 saturated heterocycles. The Morgan fingerprint density at radius 3 is 2.78 bits per heavy atom. The first-order valence-corrected chi connectivity index (χ1v) is 8.48. The molecule has 1 saturated carbocycles. The maximum absolute atomic E-state index is 11.1. The number of carboxylic acids is 1. The van der Waals surface area contributed by atoms with Gasteiger partial charge in [0, 0.05) is 18.9 Å². The molecule has 23 heavy (non-hydrogen) atoms. The molecule has 6 nitrogen and oxygen atoms in total. The number of rotatable bonds is 8. The predicted octanol–water partition coefficient (Wildman–Crippen LogP) is 1.70. The van der Waals surface area contributed by atoms with Crippen molar-refractivity contribution >= 4 is 5.97 Å². The molecule has 132 valence electrons. The van der Waals surface area contributed by atoms with Crippen molar-refractivity contribution in [1.82, 2.24) is 0 Å². The van der Waals surface area contributed by atoms with Gasteiger partial charge in [-0.25, -0.2) is 0 Å². The average Bonchev–Trinajstić information content (AvgIpc) is 2.80. The molecule has 0 radical (unpaired) electrons. The van der Waals surface area contributed by atoms with Crippen LogP contribution in [0.2, 0.25) is 0 Å². The van der Waals surface area contributed by atoms with E-state index in [0.717, 1.165) is 19.3 Å². The lowest BCUT2D eigenvalue weighted by Crippen LogP contribution is -2.32. The van der Waals surface area contributed by atoms with Gasteiger partial charge in [0.05, 0.1) is 24.7 Å². The zero-order valence-electron chi connectivity index (χ0n) is 13.5. The molecule has 2 rings (SSSR count). The summed E-state index contributed by atoms with van der Waals surface area (Å²) in [6, 6.07) is 0. The van der Waals surface area contributed by atoms with Crippen molar-refractivity contribution in [3.8, 4) is 0 Å². The smallest absolute Gasteiger partial charge is 0.303 e. The predicted molar refractivity (Wildman–Crippen MR) is 83.8 cm³/mol. The van der Waals surface area contributed by atoms with E-state index in [2.05, 4.69) is 6.58 Å². The van der Waals surface area contributed by atoms with E-state index in [4.69, 9.17) is 14.6 Å². The van der Waals surface area contributed by atoms with Crippen LogP contribution < -0.4 is 0 Å². The average molecular weight is 328 g/mol. The number of aliphatic hydroxyl groups is 2. The number of carboxylic acid groups (broad SMARTS) is 1. The minimum absolute atomic E-state index is 0.0819. The van der Waals surface area contributed by atoms with Gasteiger partial charge < -0.3 is 24.8 Å². The summed E-state index contributed by atoms with van der Waals surface area (Å²) in [7, 11) is 0. The Bertz CT molecular complexity index is 393. The second kappa shape index (κ2) is 8.78. The highest BCUT2D eigenvalue weighted by atomic mass is 16.7. The molecule has 0 aromatic carbocycles. The largest absolute Gasteiger partial charge is 0.481 e. The highest BCUT2D eigenvalue weighted by Crippen LogP contribution is 2.41. The lowest BCUT2D eigenvalue weighted by molar-refractivity contribution is -0.196. The molecule has 6 heteroatoms. The van der Waals surface area contributed by atoms with Gasteiger partial charge >= 0.3 is 5.97 Å². The van der Waals surface area contributed by atoms with E-state index in [1.54, 1.807) is 0 Å². The number of hydrogen-bond donors (Lipinski definition) is 3. The first-order valence-electron chi connectivity index (χ1n) is 8.48. The van der Waals surface area contributed by atoms with Crippen molar-refractivity contribution in [2.45, 2.75) is 69.5 Å². The summed E-state index contributed by atoms with van der Waals surface area (Å²) in [5, 5.41) is 29.1. The van der Waals surface area contributed by atoms with E-state index in [1.807, 2.05) is 0 Å². The van der Waals surface area contributed by atoms with Crippen LogP contribution in [-0.2, 0) is 14.3 Å². The van der Waals surface area contributed by atoms with Crippen LogP contribution in [0, 0.1) is 11.8 Å². The van der Waals surface area contributed by atoms with Crippen molar-refractivity contribution in [2.75, 3.05) is 6.61 Å². The molecule has 1 heterocycles. The molecular weight excluding hydrogens is 300 g/mol. The van der Waals surface area contributed by atoms with Crippen LogP contribution in [0.1, 0.15) is 44.9 Å². The van der Waals surface area contributed by atoms with Gasteiger partial charge in [0.1, 0.15) is 0 Å². The fraction of sp³-hybridized carbons (Fsp3) is 0.824. The van der Waals surface area contributed by atoms with Crippen molar-refractivity contribution in [3.63, 3.8) is 0 Å². The molecule has 6 atom stereocenters. The minimum Gasteiger partial charge on any atom is -0.481 e. The fourth-order valence-electron chi connectivity index (χ4n) is 3.69. The third kappa shape index (κ3) is 5.28. The van der Waals surface area contributed by atoms with E-state index in [-0.39, 0.29) is 30.7 Å². The van der Waals surface area contributed by atoms with Crippen LogP contribution in [0.3, 0.4) is 0 Å². The van der Waals surface area contributed by atoms with Crippen LogP contribution in [0.4, 0.5) is 0 Å². The molecule has 1 aliphatic heterocycles. The van der Waals surface area contributed by atoms with Gasteiger partial charge in [-0.05, 0) is 38.0 Å². The van der Waals surface area contributed by atoms with E-state index in [0.29, 0.717) is 25.9 Å². The van der Waals surface area contributed by atoms with Gasteiger partial charge in [-0.3, -0.25) is 4.79 Å².